The van der Waals surface area contributed by atoms with Crippen molar-refractivity contribution in [2.24, 2.45) is 4.99 Å². The third kappa shape index (κ3) is 5.13. The number of likely N-dealkylation sites (tertiary alicyclic amines) is 1. The first-order valence-corrected chi connectivity index (χ1v) is 12.0. The van der Waals surface area contributed by atoms with Crippen LogP contribution >= 0.6 is 23.4 Å². The average Bonchev–Trinajstić information content (AvgIpc) is 3.35. The molecule has 1 unspecified atom stereocenters. The van der Waals surface area contributed by atoms with E-state index in [2.05, 4.69) is 15.0 Å². The molecule has 182 valence electrons. The number of thioether (sulfide) groups is 1. The molecule has 3 heterocycles. The number of nitrogens with one attached hydrogen (secondary N) is 1. The lowest BCUT2D eigenvalue weighted by Gasteiger charge is -2.20. The second-order valence-corrected chi connectivity index (χ2v) is 9.98. The number of nitrogens with zero attached hydrogens (tertiary/aromatic N) is 4. The van der Waals surface area contributed by atoms with Crippen molar-refractivity contribution in [2.75, 3.05) is 40.9 Å². The summed E-state index contributed by atoms with van der Waals surface area (Å²) in [7, 11) is 4.79. The third-order valence-corrected chi connectivity index (χ3v) is 6.87. The number of rotatable bonds is 8. The number of alkyl halides is 2. The molecule has 1 aromatic carbocycles. The summed E-state index contributed by atoms with van der Waals surface area (Å²) in [6.07, 6.45) is 3.44. The fraction of sp³-hybridized carbons (Fsp3) is 0.435. The summed E-state index contributed by atoms with van der Waals surface area (Å²) >= 11 is 8.08. The fourth-order valence-electron chi connectivity index (χ4n) is 4.10. The molecule has 2 aromatic heterocycles. The Morgan fingerprint density at radius 3 is 2.68 bits per heavy atom. The van der Waals surface area contributed by atoms with Crippen LogP contribution in [-0.4, -0.2) is 78.1 Å². The predicted molar refractivity (Wildman–Crippen MR) is 132 cm³/mol. The highest BCUT2D eigenvalue weighted by Gasteiger charge is 2.38. The van der Waals surface area contributed by atoms with E-state index in [0.717, 1.165) is 10.9 Å². The van der Waals surface area contributed by atoms with Gasteiger partial charge in [-0.2, -0.15) is 0 Å². The highest BCUT2D eigenvalue weighted by Crippen LogP contribution is 2.41. The summed E-state index contributed by atoms with van der Waals surface area (Å²) in [5, 5.41) is 1.75. The largest absolute Gasteiger partial charge is 0.493 e. The summed E-state index contributed by atoms with van der Waals surface area (Å²) in [5.41, 5.74) is 2.73. The number of fused-ring (bicyclic) bond motifs is 1. The number of hydrogen-bond donors (Lipinski definition) is 1. The molecule has 7 nitrogen and oxygen atoms in total. The molecule has 1 atom stereocenters. The Morgan fingerprint density at radius 2 is 2.03 bits per heavy atom. The van der Waals surface area contributed by atoms with Crippen LogP contribution in [0.2, 0.25) is 5.02 Å². The molecule has 11 heteroatoms. The Bertz CT molecular complexity index is 1220. The summed E-state index contributed by atoms with van der Waals surface area (Å²) in [4.78, 5) is 18.6. The standard InChI is InChI=1S/C23H26ClF2N5O2S/c1-13(11-31-6-5-23(25,26)12-31)34-22-29-20(19-14(9-27-2)10-28-21(19)30-22)15-7-17(32-3)18(33-4)8-16(15)24/h7-10,13H,5-6,11-12H2,1-4H3,(H,28,29,30). The summed E-state index contributed by atoms with van der Waals surface area (Å²) in [5.74, 6) is -1.58. The molecule has 1 fully saturated rings. The topological polar surface area (TPSA) is 75.6 Å². The Labute approximate surface area is 205 Å². The number of aliphatic imine (C=N–C) groups is 1. The summed E-state index contributed by atoms with van der Waals surface area (Å²) in [6.45, 7) is 2.69. The number of benzene rings is 1. The van der Waals surface area contributed by atoms with Crippen molar-refractivity contribution >= 4 is 40.6 Å². The zero-order chi connectivity index (χ0) is 24.5. The summed E-state index contributed by atoms with van der Waals surface area (Å²) < 4.78 is 38.0. The van der Waals surface area contributed by atoms with Gasteiger partial charge in [-0.25, -0.2) is 18.7 Å². The molecule has 0 amide bonds. The molecule has 0 saturated carbocycles. The number of methoxy groups -OCH3 is 2. The quantitative estimate of drug-likeness (QED) is 0.256. The molecule has 1 aliphatic rings. The Balaban J connectivity index is 1.74. The van der Waals surface area contributed by atoms with E-state index in [9.17, 15) is 8.78 Å². The lowest BCUT2D eigenvalue weighted by atomic mass is 10.1. The number of ether oxygens (including phenoxy) is 2. The maximum absolute atomic E-state index is 13.6. The van der Waals surface area contributed by atoms with Crippen LogP contribution in [-0.2, 0) is 0 Å². The number of halogens is 3. The molecule has 3 aromatic rings. The minimum atomic E-state index is -2.61. The second-order valence-electron chi connectivity index (χ2n) is 8.17. The molecular formula is C23H26ClF2N5O2S. The van der Waals surface area contributed by atoms with Crippen LogP contribution in [0.3, 0.4) is 0 Å². The van der Waals surface area contributed by atoms with Crippen molar-refractivity contribution in [3.63, 3.8) is 0 Å². The normalized spacial score (nSPS) is 17.0. The number of H-pyrrole nitrogens is 1. The van der Waals surface area contributed by atoms with Crippen LogP contribution in [0.4, 0.5) is 8.78 Å². The van der Waals surface area contributed by atoms with E-state index in [0.29, 0.717) is 51.7 Å². The molecule has 0 radical (unpaired) electrons. The van der Waals surface area contributed by atoms with Gasteiger partial charge >= 0.3 is 0 Å². The first-order chi connectivity index (χ1) is 16.2. The smallest absolute Gasteiger partial charge is 0.261 e. The van der Waals surface area contributed by atoms with E-state index in [-0.39, 0.29) is 18.2 Å². The predicted octanol–water partition coefficient (Wildman–Crippen LogP) is 5.17. The minimum Gasteiger partial charge on any atom is -0.493 e. The van der Waals surface area contributed by atoms with Crippen LogP contribution in [0.1, 0.15) is 18.9 Å². The zero-order valence-corrected chi connectivity index (χ0v) is 20.9. The van der Waals surface area contributed by atoms with Gasteiger partial charge in [0.2, 0.25) is 0 Å². The van der Waals surface area contributed by atoms with E-state index in [1.54, 1.807) is 44.5 Å². The maximum Gasteiger partial charge on any atom is 0.261 e. The van der Waals surface area contributed by atoms with Crippen LogP contribution in [0, 0.1) is 0 Å². The fourth-order valence-corrected chi connectivity index (χ4v) is 5.28. The van der Waals surface area contributed by atoms with Crippen LogP contribution in [0.25, 0.3) is 22.3 Å². The SMILES string of the molecule is CN=Cc1c[nH]c2nc(SC(C)CN3CCC(F)(F)C3)nc(-c3cc(OC)c(OC)cc3Cl)c12. The average molecular weight is 510 g/mol. The van der Waals surface area contributed by atoms with Gasteiger partial charge in [0.1, 0.15) is 5.65 Å². The van der Waals surface area contributed by atoms with Crippen molar-refractivity contribution in [2.45, 2.75) is 29.7 Å². The van der Waals surface area contributed by atoms with Crippen molar-refractivity contribution in [1.82, 2.24) is 19.9 Å². The van der Waals surface area contributed by atoms with Gasteiger partial charge in [0.15, 0.2) is 16.7 Å². The Kier molecular flexibility index (Phi) is 7.30. The van der Waals surface area contributed by atoms with Crippen LogP contribution in [0.5, 0.6) is 11.5 Å². The van der Waals surface area contributed by atoms with Crippen molar-refractivity contribution in [1.29, 1.82) is 0 Å². The first-order valence-electron chi connectivity index (χ1n) is 10.7. The van der Waals surface area contributed by atoms with Gasteiger partial charge in [0, 0.05) is 61.4 Å². The Morgan fingerprint density at radius 1 is 1.29 bits per heavy atom. The highest BCUT2D eigenvalue weighted by atomic mass is 35.5. The molecule has 1 saturated heterocycles. The van der Waals surface area contributed by atoms with Crippen molar-refractivity contribution < 1.29 is 18.3 Å². The second kappa shape index (κ2) is 10.1. The molecule has 0 aliphatic carbocycles. The number of aromatic amines is 1. The van der Waals surface area contributed by atoms with E-state index < -0.39 is 5.92 Å². The zero-order valence-electron chi connectivity index (χ0n) is 19.4. The molecule has 0 spiro atoms. The molecule has 1 aliphatic heterocycles. The molecule has 4 rings (SSSR count). The summed E-state index contributed by atoms with van der Waals surface area (Å²) in [6, 6.07) is 3.47. The van der Waals surface area contributed by atoms with Gasteiger partial charge in [0.05, 0.1) is 36.9 Å². The van der Waals surface area contributed by atoms with E-state index in [1.165, 1.54) is 11.8 Å². The minimum absolute atomic E-state index is 0.00622. The third-order valence-electron chi connectivity index (χ3n) is 5.61. The van der Waals surface area contributed by atoms with Gasteiger partial charge < -0.3 is 14.5 Å². The van der Waals surface area contributed by atoms with Crippen molar-refractivity contribution in [3.8, 4) is 22.8 Å². The van der Waals surface area contributed by atoms with E-state index in [1.807, 2.05) is 13.1 Å². The first kappa shape index (κ1) is 24.7. The molecule has 0 bridgehead atoms. The van der Waals surface area contributed by atoms with Crippen LogP contribution in [0.15, 0.2) is 28.5 Å². The van der Waals surface area contributed by atoms with Gasteiger partial charge in [-0.05, 0) is 6.07 Å². The van der Waals surface area contributed by atoms with Gasteiger partial charge in [-0.1, -0.05) is 30.3 Å². The Hall–Kier alpha value is -2.43. The molecule has 34 heavy (non-hydrogen) atoms. The molecular weight excluding hydrogens is 484 g/mol. The maximum atomic E-state index is 13.6. The number of hydrogen-bond acceptors (Lipinski definition) is 7. The van der Waals surface area contributed by atoms with Gasteiger partial charge in [-0.15, -0.1) is 0 Å². The lowest BCUT2D eigenvalue weighted by molar-refractivity contribution is 0.0124. The number of aromatic nitrogens is 3. The van der Waals surface area contributed by atoms with E-state index >= 15 is 0 Å². The van der Waals surface area contributed by atoms with Crippen molar-refractivity contribution in [3.05, 3.63) is 28.9 Å². The van der Waals surface area contributed by atoms with Crippen LogP contribution < -0.4 is 9.47 Å². The van der Waals surface area contributed by atoms with Gasteiger partial charge in [-0.3, -0.25) is 9.89 Å². The lowest BCUT2D eigenvalue weighted by Crippen LogP contribution is -2.30. The monoisotopic (exact) mass is 509 g/mol. The van der Waals surface area contributed by atoms with E-state index in [4.69, 9.17) is 26.1 Å². The van der Waals surface area contributed by atoms with Gasteiger partial charge in [0.25, 0.3) is 5.92 Å². The highest BCUT2D eigenvalue weighted by molar-refractivity contribution is 7.99. The molecule has 1 N–H and O–H groups in total.